The van der Waals surface area contributed by atoms with E-state index in [4.69, 9.17) is 4.74 Å². The maximum absolute atomic E-state index is 13.3. The van der Waals surface area contributed by atoms with Crippen LogP contribution in [0.25, 0.3) is 0 Å². The van der Waals surface area contributed by atoms with E-state index in [0.717, 1.165) is 5.56 Å². The van der Waals surface area contributed by atoms with Gasteiger partial charge in [0, 0.05) is 30.6 Å². The van der Waals surface area contributed by atoms with Gasteiger partial charge in [-0.25, -0.2) is 9.18 Å². The van der Waals surface area contributed by atoms with Crippen molar-refractivity contribution < 1.29 is 18.7 Å². The SMILES string of the molecule is COC(CNC(=O)Nc1cccc(C(=O)Nc2cccc(F)c2)c1)c1ccccc1. The van der Waals surface area contributed by atoms with Gasteiger partial charge in [-0.15, -0.1) is 0 Å². The number of ether oxygens (including phenoxy) is 1. The largest absolute Gasteiger partial charge is 0.375 e. The molecule has 0 bridgehead atoms. The minimum Gasteiger partial charge on any atom is -0.375 e. The van der Waals surface area contributed by atoms with E-state index >= 15 is 0 Å². The van der Waals surface area contributed by atoms with Gasteiger partial charge >= 0.3 is 6.03 Å². The molecule has 0 radical (unpaired) electrons. The van der Waals surface area contributed by atoms with Crippen molar-refractivity contribution >= 4 is 23.3 Å². The third kappa shape index (κ3) is 5.89. The lowest BCUT2D eigenvalue weighted by Gasteiger charge is -2.17. The van der Waals surface area contributed by atoms with Crippen molar-refractivity contribution in [2.75, 3.05) is 24.3 Å². The third-order valence-corrected chi connectivity index (χ3v) is 4.37. The molecule has 0 saturated heterocycles. The van der Waals surface area contributed by atoms with E-state index in [1.54, 1.807) is 37.4 Å². The molecule has 6 nitrogen and oxygen atoms in total. The zero-order valence-corrected chi connectivity index (χ0v) is 16.4. The molecule has 7 heteroatoms. The first-order chi connectivity index (χ1) is 14.5. The second-order valence-electron chi connectivity index (χ2n) is 6.52. The van der Waals surface area contributed by atoms with Crippen molar-refractivity contribution in [2.24, 2.45) is 0 Å². The molecule has 3 amide bonds. The number of carbonyl (C=O) groups excluding carboxylic acids is 2. The fourth-order valence-corrected chi connectivity index (χ4v) is 2.87. The Kier molecular flexibility index (Phi) is 7.13. The summed E-state index contributed by atoms with van der Waals surface area (Å²) >= 11 is 0. The molecule has 3 N–H and O–H groups in total. The number of amides is 3. The number of urea groups is 1. The second-order valence-corrected chi connectivity index (χ2v) is 6.52. The Labute approximate surface area is 174 Å². The van der Waals surface area contributed by atoms with Gasteiger partial charge in [0.2, 0.25) is 0 Å². The van der Waals surface area contributed by atoms with Crippen LogP contribution in [0.2, 0.25) is 0 Å². The summed E-state index contributed by atoms with van der Waals surface area (Å²) in [7, 11) is 1.58. The Morgan fingerprint density at radius 3 is 2.30 bits per heavy atom. The van der Waals surface area contributed by atoms with Gasteiger partial charge in [-0.05, 0) is 42.0 Å². The van der Waals surface area contributed by atoms with Crippen LogP contribution in [-0.2, 0) is 4.74 Å². The van der Waals surface area contributed by atoms with Crippen molar-refractivity contribution in [3.05, 3.63) is 95.8 Å². The molecule has 154 valence electrons. The summed E-state index contributed by atoms with van der Waals surface area (Å²) in [5, 5.41) is 8.08. The topological polar surface area (TPSA) is 79.5 Å². The van der Waals surface area contributed by atoms with Crippen LogP contribution in [0, 0.1) is 5.82 Å². The number of benzene rings is 3. The van der Waals surface area contributed by atoms with Gasteiger partial charge in [0.15, 0.2) is 0 Å². The molecule has 0 aliphatic carbocycles. The molecule has 1 unspecified atom stereocenters. The van der Waals surface area contributed by atoms with Crippen LogP contribution in [0.3, 0.4) is 0 Å². The predicted octanol–water partition coefficient (Wildman–Crippen LogP) is 4.59. The highest BCUT2D eigenvalue weighted by molar-refractivity contribution is 6.05. The molecule has 0 saturated carbocycles. The number of hydrogen-bond donors (Lipinski definition) is 3. The van der Waals surface area contributed by atoms with E-state index in [2.05, 4.69) is 16.0 Å². The van der Waals surface area contributed by atoms with E-state index in [-0.39, 0.29) is 12.6 Å². The minimum absolute atomic E-state index is 0.277. The van der Waals surface area contributed by atoms with Crippen molar-refractivity contribution in [3.63, 3.8) is 0 Å². The van der Waals surface area contributed by atoms with E-state index in [1.165, 1.54) is 18.2 Å². The van der Waals surface area contributed by atoms with Crippen LogP contribution in [0.5, 0.6) is 0 Å². The zero-order chi connectivity index (χ0) is 21.3. The van der Waals surface area contributed by atoms with Gasteiger partial charge in [-0.2, -0.15) is 0 Å². The van der Waals surface area contributed by atoms with E-state index in [9.17, 15) is 14.0 Å². The van der Waals surface area contributed by atoms with E-state index in [0.29, 0.717) is 16.9 Å². The van der Waals surface area contributed by atoms with Gasteiger partial charge < -0.3 is 20.7 Å². The first kappa shape index (κ1) is 21.0. The summed E-state index contributed by atoms with van der Waals surface area (Å²) in [6.07, 6.45) is -0.277. The molecule has 0 aliphatic heterocycles. The van der Waals surface area contributed by atoms with Crippen LogP contribution < -0.4 is 16.0 Å². The molecule has 30 heavy (non-hydrogen) atoms. The summed E-state index contributed by atoms with van der Waals surface area (Å²) < 4.78 is 18.7. The lowest BCUT2D eigenvalue weighted by Crippen LogP contribution is -2.33. The van der Waals surface area contributed by atoms with Gasteiger partial charge in [0.25, 0.3) is 5.91 Å². The predicted molar refractivity (Wildman–Crippen MR) is 114 cm³/mol. The maximum Gasteiger partial charge on any atom is 0.319 e. The number of anilines is 2. The fourth-order valence-electron chi connectivity index (χ4n) is 2.87. The van der Waals surface area contributed by atoms with Gasteiger partial charge in [-0.3, -0.25) is 4.79 Å². The van der Waals surface area contributed by atoms with Crippen LogP contribution in [0.4, 0.5) is 20.6 Å². The number of hydrogen-bond acceptors (Lipinski definition) is 3. The highest BCUT2D eigenvalue weighted by Gasteiger charge is 2.13. The Morgan fingerprint density at radius 1 is 0.900 bits per heavy atom. The first-order valence-corrected chi connectivity index (χ1v) is 9.35. The van der Waals surface area contributed by atoms with Crippen molar-refractivity contribution in [3.8, 4) is 0 Å². The summed E-state index contributed by atoms with van der Waals surface area (Å²) in [6.45, 7) is 0.284. The molecule has 0 aliphatic rings. The molecule has 0 heterocycles. The lowest BCUT2D eigenvalue weighted by atomic mass is 10.1. The van der Waals surface area contributed by atoms with Crippen molar-refractivity contribution in [1.29, 1.82) is 0 Å². The average Bonchev–Trinajstić information content (AvgIpc) is 2.75. The number of nitrogens with one attached hydrogen (secondary N) is 3. The highest BCUT2D eigenvalue weighted by atomic mass is 19.1. The number of rotatable bonds is 7. The third-order valence-electron chi connectivity index (χ3n) is 4.37. The molecule has 3 rings (SSSR count). The lowest BCUT2D eigenvalue weighted by molar-refractivity contribution is 0.102. The molecule has 1 atom stereocenters. The van der Waals surface area contributed by atoms with Gasteiger partial charge in [0.1, 0.15) is 5.82 Å². The number of carbonyl (C=O) groups is 2. The number of methoxy groups -OCH3 is 1. The first-order valence-electron chi connectivity index (χ1n) is 9.35. The monoisotopic (exact) mass is 407 g/mol. The van der Waals surface area contributed by atoms with E-state index in [1.807, 2.05) is 30.3 Å². The minimum atomic E-state index is -0.440. The Hall–Kier alpha value is -3.71. The van der Waals surface area contributed by atoms with Crippen molar-refractivity contribution in [2.45, 2.75) is 6.10 Å². The molecular formula is C23H22FN3O3. The maximum atomic E-state index is 13.3. The molecule has 3 aromatic rings. The smallest absolute Gasteiger partial charge is 0.319 e. The summed E-state index contributed by atoms with van der Waals surface area (Å²) in [5.41, 5.74) is 2.09. The Balaban J connectivity index is 1.57. The average molecular weight is 407 g/mol. The normalized spacial score (nSPS) is 11.4. The van der Waals surface area contributed by atoms with Crippen LogP contribution in [0.15, 0.2) is 78.9 Å². The quantitative estimate of drug-likeness (QED) is 0.536. The van der Waals surface area contributed by atoms with Crippen molar-refractivity contribution in [1.82, 2.24) is 5.32 Å². The van der Waals surface area contributed by atoms with Crippen LogP contribution >= 0.6 is 0 Å². The number of halogens is 1. The molecule has 0 spiro atoms. The molecule has 0 fully saturated rings. The van der Waals surface area contributed by atoms with Crippen LogP contribution in [0.1, 0.15) is 22.0 Å². The molecule has 0 aromatic heterocycles. The molecular weight excluding hydrogens is 385 g/mol. The van der Waals surface area contributed by atoms with Crippen LogP contribution in [-0.4, -0.2) is 25.6 Å². The summed E-state index contributed by atoms with van der Waals surface area (Å²) in [4.78, 5) is 24.6. The second kappa shape index (κ2) is 10.2. The fraction of sp³-hybridized carbons (Fsp3) is 0.130. The Bertz CT molecular complexity index is 1010. The highest BCUT2D eigenvalue weighted by Crippen LogP contribution is 2.16. The van der Waals surface area contributed by atoms with E-state index < -0.39 is 17.8 Å². The zero-order valence-electron chi connectivity index (χ0n) is 16.4. The van der Waals surface area contributed by atoms with Gasteiger partial charge in [0.05, 0.1) is 6.10 Å². The molecule has 3 aromatic carbocycles. The standard InChI is InChI=1S/C23H22FN3O3/c1-30-21(16-7-3-2-4-8-16)15-25-23(29)27-19-11-5-9-17(13-19)22(28)26-20-12-6-10-18(24)14-20/h2-14,21H,15H2,1H3,(H,26,28)(H2,25,27,29). The van der Waals surface area contributed by atoms with Gasteiger partial charge in [-0.1, -0.05) is 42.5 Å². The summed E-state index contributed by atoms with van der Waals surface area (Å²) in [6, 6.07) is 21.2. The summed E-state index contributed by atoms with van der Waals surface area (Å²) in [5.74, 6) is -0.849. The Morgan fingerprint density at radius 2 is 1.60 bits per heavy atom.